The third-order valence-electron chi connectivity index (χ3n) is 3.45. The summed E-state index contributed by atoms with van der Waals surface area (Å²) < 4.78 is 0. The van der Waals surface area contributed by atoms with Gasteiger partial charge in [0.05, 0.1) is 0 Å². The predicted octanol–water partition coefficient (Wildman–Crippen LogP) is 1.65. The zero-order valence-corrected chi connectivity index (χ0v) is 13.8. The zero-order valence-electron chi connectivity index (χ0n) is 12.9. The Morgan fingerprint density at radius 2 is 1.92 bits per heavy atom. The maximum absolute atomic E-state index is 12.0. The zero-order chi connectivity index (χ0) is 18.1. The first-order valence-electron chi connectivity index (χ1n) is 7.04. The molecule has 1 aromatic carbocycles. The number of anilines is 1. The molecule has 0 spiro atoms. The minimum atomic E-state index is -0.558. The van der Waals surface area contributed by atoms with E-state index < -0.39 is 11.8 Å². The van der Waals surface area contributed by atoms with Crippen LogP contribution in [0.1, 0.15) is 12.5 Å². The smallest absolute Gasteiger partial charge is 0.275 e. The van der Waals surface area contributed by atoms with E-state index in [1.807, 2.05) is 6.07 Å². The number of aromatic hydroxyl groups is 1. The molecule has 2 heterocycles. The maximum Gasteiger partial charge on any atom is 0.275 e. The van der Waals surface area contributed by atoms with E-state index in [4.69, 9.17) is 0 Å². The lowest BCUT2D eigenvalue weighted by Gasteiger charge is -2.18. The lowest BCUT2D eigenvalue weighted by atomic mass is 10.2. The number of thiol groups is 1. The number of phenolic OH excluding ortho intramolecular Hbond substituents is 1. The van der Waals surface area contributed by atoms with Gasteiger partial charge in [-0.15, -0.1) is 12.6 Å². The van der Waals surface area contributed by atoms with Crippen molar-refractivity contribution in [1.82, 2.24) is 15.0 Å². The fourth-order valence-corrected chi connectivity index (χ4v) is 2.42. The quantitative estimate of drug-likeness (QED) is 0.436. The highest BCUT2D eigenvalue weighted by Crippen LogP contribution is 2.26. The molecule has 124 valence electrons. The van der Waals surface area contributed by atoms with E-state index in [-0.39, 0.29) is 33.6 Å². The summed E-state index contributed by atoms with van der Waals surface area (Å²) >= 11 is 4.18. The molecule has 2 aromatic rings. The van der Waals surface area contributed by atoms with Crippen LogP contribution in [-0.4, -0.2) is 31.9 Å². The van der Waals surface area contributed by atoms with Gasteiger partial charge in [0.15, 0.2) is 11.6 Å². The number of aromatic nitrogens is 2. The predicted molar refractivity (Wildman–Crippen MR) is 90.3 cm³/mol. The van der Waals surface area contributed by atoms with E-state index >= 15 is 0 Å². The average molecular weight is 353 g/mol. The summed E-state index contributed by atoms with van der Waals surface area (Å²) in [6.07, 6.45) is 1.19. The summed E-state index contributed by atoms with van der Waals surface area (Å²) in [5.41, 5.74) is 3.40. The number of imide groups is 1. The van der Waals surface area contributed by atoms with Gasteiger partial charge in [-0.25, -0.2) is 9.97 Å². The number of rotatable bonds is 3. The maximum atomic E-state index is 12.0. The molecule has 8 nitrogen and oxygen atoms in total. The first-order valence-corrected chi connectivity index (χ1v) is 7.49. The number of nitriles is 1. The van der Waals surface area contributed by atoms with E-state index in [1.54, 1.807) is 12.1 Å². The van der Waals surface area contributed by atoms with Gasteiger partial charge in [-0.2, -0.15) is 10.3 Å². The normalized spacial score (nSPS) is 13.6. The second-order valence-electron chi connectivity index (χ2n) is 5.17. The van der Waals surface area contributed by atoms with Gasteiger partial charge in [-0.1, -0.05) is 0 Å². The lowest BCUT2D eigenvalue weighted by Crippen LogP contribution is -2.37. The highest BCUT2D eigenvalue weighted by Gasteiger charge is 2.30. The third-order valence-corrected chi connectivity index (χ3v) is 3.77. The molecule has 1 aromatic heterocycles. The van der Waals surface area contributed by atoms with Gasteiger partial charge >= 0.3 is 0 Å². The Labute approximate surface area is 147 Å². The van der Waals surface area contributed by atoms with Gasteiger partial charge in [0.1, 0.15) is 22.4 Å². The minimum absolute atomic E-state index is 0.00369. The molecule has 2 amide bonds. The molecule has 0 fully saturated rings. The molecule has 0 radical (unpaired) electrons. The van der Waals surface area contributed by atoms with Crippen molar-refractivity contribution < 1.29 is 14.7 Å². The topological polar surface area (TPSA) is 119 Å². The van der Waals surface area contributed by atoms with Crippen molar-refractivity contribution >= 4 is 30.3 Å². The highest BCUT2D eigenvalue weighted by molar-refractivity contribution is 7.80. The van der Waals surface area contributed by atoms with E-state index in [0.717, 1.165) is 5.01 Å². The van der Waals surface area contributed by atoms with E-state index in [1.165, 1.54) is 25.1 Å². The van der Waals surface area contributed by atoms with Gasteiger partial charge in [0.2, 0.25) is 0 Å². The Hall–Kier alpha value is -3.38. The monoisotopic (exact) mass is 353 g/mol. The van der Waals surface area contributed by atoms with Gasteiger partial charge in [0, 0.05) is 17.2 Å². The van der Waals surface area contributed by atoms with E-state index in [0.29, 0.717) is 5.56 Å². The van der Waals surface area contributed by atoms with Crippen LogP contribution in [-0.2, 0) is 9.59 Å². The van der Waals surface area contributed by atoms with Crippen molar-refractivity contribution in [2.45, 2.75) is 11.9 Å². The van der Waals surface area contributed by atoms with Crippen LogP contribution in [0.4, 0.5) is 5.82 Å². The first-order chi connectivity index (χ1) is 11.9. The molecule has 3 rings (SSSR count). The van der Waals surface area contributed by atoms with E-state index in [2.05, 4.69) is 28.0 Å². The highest BCUT2D eigenvalue weighted by atomic mass is 32.1. The number of hydrogen-bond donors (Lipinski definition) is 3. The van der Waals surface area contributed by atoms with Crippen molar-refractivity contribution in [2.24, 2.45) is 0 Å². The largest absolute Gasteiger partial charge is 0.508 e. The van der Waals surface area contributed by atoms with Gasteiger partial charge < -0.3 is 5.11 Å². The van der Waals surface area contributed by atoms with Crippen LogP contribution in [0.2, 0.25) is 0 Å². The van der Waals surface area contributed by atoms with Crippen molar-refractivity contribution in [3.8, 4) is 23.2 Å². The molecule has 2 N–H and O–H groups in total. The molecule has 9 heteroatoms. The number of benzene rings is 1. The number of nitrogens with one attached hydrogen (secondary N) is 1. The molecular weight excluding hydrogens is 342 g/mol. The third kappa shape index (κ3) is 3.02. The molecule has 0 aliphatic carbocycles. The number of amides is 2. The van der Waals surface area contributed by atoms with Crippen LogP contribution >= 0.6 is 12.6 Å². The molecule has 0 saturated heterocycles. The summed E-state index contributed by atoms with van der Waals surface area (Å²) in [5, 5.41) is 19.5. The number of phenols is 1. The van der Waals surface area contributed by atoms with Crippen molar-refractivity contribution in [3.63, 3.8) is 0 Å². The van der Waals surface area contributed by atoms with Crippen LogP contribution in [0, 0.1) is 11.3 Å². The summed E-state index contributed by atoms with van der Waals surface area (Å²) in [6.45, 7) is 1.51. The molecule has 0 unspecified atom stereocenters. The molecule has 1 aliphatic heterocycles. The minimum Gasteiger partial charge on any atom is -0.508 e. The summed E-state index contributed by atoms with van der Waals surface area (Å²) in [5.74, 6) is -0.807. The molecule has 0 saturated carbocycles. The Balaban J connectivity index is 2.03. The Morgan fingerprint density at radius 1 is 1.24 bits per heavy atom. The SMILES string of the molecule is CC1=CC(=O)N(Nc2nc(-c3ccc(O)cc3)nc(S)c2C#N)C1=O. The molecule has 1 aliphatic rings. The number of carbonyl (C=O) groups excluding carboxylic acids is 2. The summed E-state index contributed by atoms with van der Waals surface area (Å²) in [6, 6.07) is 8.00. The van der Waals surface area contributed by atoms with Gasteiger partial charge in [-0.3, -0.25) is 15.0 Å². The first kappa shape index (κ1) is 16.5. The van der Waals surface area contributed by atoms with Crippen LogP contribution in [0.15, 0.2) is 40.9 Å². The number of hydrazine groups is 1. The van der Waals surface area contributed by atoms with E-state index in [9.17, 15) is 20.0 Å². The standard InChI is InChI=1S/C16H11N5O3S/c1-8-6-12(23)21(16(8)24)20-14-11(7-17)15(25)19-13(18-14)9-2-4-10(22)5-3-9/h2-6,22H,1H3,(H2,18,19,20,25). The number of nitrogens with zero attached hydrogens (tertiary/aromatic N) is 4. The number of carbonyl (C=O) groups is 2. The lowest BCUT2D eigenvalue weighted by molar-refractivity contribution is -0.135. The summed E-state index contributed by atoms with van der Waals surface area (Å²) in [7, 11) is 0. The Bertz CT molecular complexity index is 963. The molecular formula is C16H11N5O3S. The summed E-state index contributed by atoms with van der Waals surface area (Å²) in [4.78, 5) is 32.2. The fourth-order valence-electron chi connectivity index (χ4n) is 2.17. The van der Waals surface area contributed by atoms with Crippen LogP contribution in [0.3, 0.4) is 0 Å². The van der Waals surface area contributed by atoms with Crippen molar-refractivity contribution in [1.29, 1.82) is 5.26 Å². The van der Waals surface area contributed by atoms with Crippen molar-refractivity contribution in [2.75, 3.05) is 5.43 Å². The Kier molecular flexibility index (Phi) is 4.12. The fraction of sp³-hybridized carbons (Fsp3) is 0.0625. The van der Waals surface area contributed by atoms with Crippen LogP contribution in [0.5, 0.6) is 5.75 Å². The molecule has 25 heavy (non-hydrogen) atoms. The average Bonchev–Trinajstić information content (AvgIpc) is 2.81. The second kappa shape index (κ2) is 6.26. The molecule has 0 bridgehead atoms. The van der Waals surface area contributed by atoms with Crippen LogP contribution in [0.25, 0.3) is 11.4 Å². The van der Waals surface area contributed by atoms with Crippen molar-refractivity contribution in [3.05, 3.63) is 41.5 Å². The Morgan fingerprint density at radius 3 is 2.48 bits per heavy atom. The van der Waals surface area contributed by atoms with Gasteiger partial charge in [-0.05, 0) is 31.2 Å². The molecule has 0 atom stereocenters. The van der Waals surface area contributed by atoms with Gasteiger partial charge in [0.25, 0.3) is 11.8 Å². The van der Waals surface area contributed by atoms with Crippen LogP contribution < -0.4 is 5.43 Å². The second-order valence-corrected chi connectivity index (χ2v) is 5.59. The number of hydrogen-bond acceptors (Lipinski definition) is 8.